The molecule has 0 aliphatic carbocycles. The number of ether oxygens (including phenoxy) is 2. The number of piperazine rings is 1. The van der Waals surface area contributed by atoms with Gasteiger partial charge in [-0.15, -0.1) is 11.3 Å². The highest BCUT2D eigenvalue weighted by molar-refractivity contribution is 7.18. The summed E-state index contributed by atoms with van der Waals surface area (Å²) in [5, 5.41) is 0.977. The number of amides is 1. The molecule has 162 valence electrons. The number of likely N-dealkylation sites (N-methyl/N-ethyl adjacent to an activating group) is 1. The molecule has 0 N–H and O–H groups in total. The molecule has 7 nitrogen and oxygen atoms in total. The number of thiazole rings is 1. The lowest BCUT2D eigenvalue weighted by molar-refractivity contribution is -0.132. The topological polar surface area (TPSA) is 58.1 Å². The van der Waals surface area contributed by atoms with Gasteiger partial charge in [-0.2, -0.15) is 0 Å². The second-order valence-electron chi connectivity index (χ2n) is 8.07. The summed E-state index contributed by atoms with van der Waals surface area (Å²) in [5.41, 5.74) is 2.23. The molecule has 0 radical (unpaired) electrons. The zero-order chi connectivity index (χ0) is 21.2. The largest absolute Gasteiger partial charge is 0.454 e. The van der Waals surface area contributed by atoms with Crippen LogP contribution in [0, 0.1) is 0 Å². The number of hydrogen-bond acceptors (Lipinski definition) is 7. The van der Waals surface area contributed by atoms with Crippen molar-refractivity contribution < 1.29 is 14.3 Å². The lowest BCUT2D eigenvalue weighted by atomic mass is 10.1. The van der Waals surface area contributed by atoms with Crippen molar-refractivity contribution in [3.8, 4) is 11.5 Å². The number of rotatable bonds is 6. The normalized spacial score (nSPS) is 16.7. The number of nitrogens with zero attached hydrogens (tertiary/aromatic N) is 4. The molecule has 0 bridgehead atoms. The molecule has 3 heterocycles. The van der Waals surface area contributed by atoms with Gasteiger partial charge in [0.2, 0.25) is 12.7 Å². The second-order valence-corrected chi connectivity index (χ2v) is 9.18. The zero-order valence-corrected chi connectivity index (χ0v) is 18.4. The van der Waals surface area contributed by atoms with Gasteiger partial charge in [-0.25, -0.2) is 4.98 Å². The molecule has 0 spiro atoms. The maximum absolute atomic E-state index is 12.7. The van der Waals surface area contributed by atoms with Gasteiger partial charge in [0.1, 0.15) is 5.01 Å². The molecule has 2 aliphatic heterocycles. The monoisotopic (exact) mass is 438 g/mol. The predicted molar refractivity (Wildman–Crippen MR) is 120 cm³/mol. The number of carbonyl (C=O) groups excluding carboxylic acids is 1. The van der Waals surface area contributed by atoms with Gasteiger partial charge in [-0.3, -0.25) is 14.6 Å². The van der Waals surface area contributed by atoms with E-state index in [1.54, 1.807) is 16.2 Å². The van der Waals surface area contributed by atoms with Crippen LogP contribution in [0.2, 0.25) is 0 Å². The Morgan fingerprint density at radius 1 is 1.06 bits per heavy atom. The van der Waals surface area contributed by atoms with Crippen LogP contribution in [0.3, 0.4) is 0 Å². The Kier molecular flexibility index (Phi) is 5.76. The van der Waals surface area contributed by atoms with Gasteiger partial charge in [-0.05, 0) is 29.8 Å². The van der Waals surface area contributed by atoms with Crippen molar-refractivity contribution in [2.24, 2.45) is 0 Å². The predicted octanol–water partition coefficient (Wildman–Crippen LogP) is 2.80. The molecule has 5 rings (SSSR count). The van der Waals surface area contributed by atoms with E-state index in [2.05, 4.69) is 33.0 Å². The van der Waals surface area contributed by atoms with E-state index in [0.29, 0.717) is 19.9 Å². The van der Waals surface area contributed by atoms with Crippen LogP contribution < -0.4 is 9.47 Å². The Hall–Kier alpha value is -2.68. The lowest BCUT2D eigenvalue weighted by Crippen LogP contribution is -2.49. The summed E-state index contributed by atoms with van der Waals surface area (Å²) in [7, 11) is 1.87. The number of benzene rings is 2. The van der Waals surface area contributed by atoms with Gasteiger partial charge >= 0.3 is 0 Å². The molecule has 0 unspecified atom stereocenters. The first kappa shape index (κ1) is 20.2. The molecule has 1 saturated heterocycles. The molecule has 3 aromatic rings. The average molecular weight is 439 g/mol. The maximum Gasteiger partial charge on any atom is 0.236 e. The first-order chi connectivity index (χ1) is 15.1. The van der Waals surface area contributed by atoms with E-state index in [1.807, 2.05) is 31.3 Å². The Bertz CT molecular complexity index is 1040. The van der Waals surface area contributed by atoms with Crippen LogP contribution in [0.5, 0.6) is 11.5 Å². The molecule has 2 aliphatic rings. The highest BCUT2D eigenvalue weighted by Crippen LogP contribution is 2.32. The Morgan fingerprint density at radius 3 is 2.68 bits per heavy atom. The van der Waals surface area contributed by atoms with E-state index in [9.17, 15) is 4.79 Å². The highest BCUT2D eigenvalue weighted by atomic mass is 32.1. The van der Waals surface area contributed by atoms with Crippen LogP contribution in [-0.4, -0.2) is 72.2 Å². The van der Waals surface area contributed by atoms with Crippen molar-refractivity contribution in [1.29, 1.82) is 0 Å². The van der Waals surface area contributed by atoms with E-state index in [0.717, 1.165) is 59.4 Å². The fourth-order valence-corrected chi connectivity index (χ4v) is 5.01. The molecule has 0 saturated carbocycles. The first-order valence-corrected chi connectivity index (χ1v) is 11.4. The van der Waals surface area contributed by atoms with Crippen LogP contribution in [0.4, 0.5) is 0 Å². The van der Waals surface area contributed by atoms with Gasteiger partial charge in [0, 0.05) is 39.8 Å². The molecular formula is C23H26N4O3S. The van der Waals surface area contributed by atoms with Gasteiger partial charge in [0.15, 0.2) is 11.5 Å². The fraction of sp³-hybridized carbons (Fsp3) is 0.391. The van der Waals surface area contributed by atoms with Crippen molar-refractivity contribution in [2.75, 3.05) is 46.6 Å². The van der Waals surface area contributed by atoms with Gasteiger partial charge in [-0.1, -0.05) is 18.2 Å². The third-order valence-electron chi connectivity index (χ3n) is 5.80. The van der Waals surface area contributed by atoms with Crippen LogP contribution in [0.25, 0.3) is 10.2 Å². The standard InChI is InChI=1S/C23H26N4O3S/c1-25(14-22-24-18-4-2-3-5-21(18)31-22)23(28)15-27-10-8-26(9-11-27)13-17-6-7-19-20(12-17)30-16-29-19/h2-7,12H,8-11,13-16H2,1H3. The zero-order valence-electron chi connectivity index (χ0n) is 17.6. The SMILES string of the molecule is CN(Cc1nc2ccccc2s1)C(=O)CN1CCN(Cc2ccc3c(c2)OCO3)CC1. The first-order valence-electron chi connectivity index (χ1n) is 10.6. The number of hydrogen-bond donors (Lipinski definition) is 0. The van der Waals surface area contributed by atoms with Crippen molar-refractivity contribution in [3.05, 3.63) is 53.0 Å². The lowest BCUT2D eigenvalue weighted by Gasteiger charge is -2.35. The van der Waals surface area contributed by atoms with Crippen molar-refractivity contribution >= 4 is 27.5 Å². The number of aromatic nitrogens is 1. The van der Waals surface area contributed by atoms with Gasteiger partial charge < -0.3 is 14.4 Å². The molecule has 1 fully saturated rings. The number of carbonyl (C=O) groups is 1. The Labute approximate surface area is 185 Å². The molecule has 2 aromatic carbocycles. The van der Waals surface area contributed by atoms with Crippen LogP contribution in [0.15, 0.2) is 42.5 Å². The van der Waals surface area contributed by atoms with E-state index in [4.69, 9.17) is 9.47 Å². The van der Waals surface area contributed by atoms with Crippen molar-refractivity contribution in [2.45, 2.75) is 13.1 Å². The fourth-order valence-electron chi connectivity index (χ4n) is 3.99. The Balaban J connectivity index is 1.09. The smallest absolute Gasteiger partial charge is 0.236 e. The van der Waals surface area contributed by atoms with Crippen molar-refractivity contribution in [1.82, 2.24) is 19.7 Å². The second kappa shape index (κ2) is 8.82. The van der Waals surface area contributed by atoms with Crippen LogP contribution in [-0.2, 0) is 17.9 Å². The summed E-state index contributed by atoms with van der Waals surface area (Å²) < 4.78 is 12.0. The Morgan fingerprint density at radius 2 is 1.84 bits per heavy atom. The van der Waals surface area contributed by atoms with E-state index in [1.165, 1.54) is 5.56 Å². The van der Waals surface area contributed by atoms with Crippen LogP contribution >= 0.6 is 11.3 Å². The minimum atomic E-state index is 0.142. The molecule has 31 heavy (non-hydrogen) atoms. The molecule has 8 heteroatoms. The quantitative estimate of drug-likeness (QED) is 0.590. The number of para-hydroxylation sites is 1. The minimum Gasteiger partial charge on any atom is -0.454 e. The van der Waals surface area contributed by atoms with E-state index >= 15 is 0 Å². The third kappa shape index (κ3) is 4.66. The third-order valence-corrected chi connectivity index (χ3v) is 6.82. The summed E-state index contributed by atoms with van der Waals surface area (Å²) >= 11 is 1.66. The molecule has 0 atom stereocenters. The molecule has 1 aromatic heterocycles. The average Bonchev–Trinajstić information content (AvgIpc) is 3.40. The summed E-state index contributed by atoms with van der Waals surface area (Å²) in [4.78, 5) is 23.8. The summed E-state index contributed by atoms with van der Waals surface area (Å²) in [6.45, 7) is 5.89. The van der Waals surface area contributed by atoms with Crippen LogP contribution in [0.1, 0.15) is 10.6 Å². The van der Waals surface area contributed by atoms with Gasteiger partial charge in [0.25, 0.3) is 0 Å². The summed E-state index contributed by atoms with van der Waals surface area (Å²) in [6.07, 6.45) is 0. The molecular weight excluding hydrogens is 412 g/mol. The van der Waals surface area contributed by atoms with E-state index < -0.39 is 0 Å². The number of fused-ring (bicyclic) bond motifs is 2. The van der Waals surface area contributed by atoms with Gasteiger partial charge in [0.05, 0.1) is 23.3 Å². The maximum atomic E-state index is 12.7. The summed E-state index contributed by atoms with van der Waals surface area (Å²) in [6, 6.07) is 14.2. The van der Waals surface area contributed by atoms with Crippen molar-refractivity contribution in [3.63, 3.8) is 0 Å². The minimum absolute atomic E-state index is 0.142. The summed E-state index contributed by atoms with van der Waals surface area (Å²) in [5.74, 6) is 1.79. The highest BCUT2D eigenvalue weighted by Gasteiger charge is 2.22. The van der Waals surface area contributed by atoms with E-state index in [-0.39, 0.29) is 5.91 Å². The molecule has 1 amide bonds.